The molecule has 0 radical (unpaired) electrons. The van der Waals surface area contributed by atoms with Crippen molar-refractivity contribution in [2.24, 2.45) is 0 Å². The number of amides is 2. The number of rotatable bonds is 7. The number of carbonyl (C=O) groups is 2. The van der Waals surface area contributed by atoms with E-state index in [0.29, 0.717) is 17.0 Å². The highest BCUT2D eigenvalue weighted by molar-refractivity contribution is 7.12. The molecule has 0 aliphatic carbocycles. The predicted octanol–water partition coefficient (Wildman–Crippen LogP) is 3.98. The summed E-state index contributed by atoms with van der Waals surface area (Å²) in [6.07, 6.45) is -4.26. The summed E-state index contributed by atoms with van der Waals surface area (Å²) in [5.74, 6) is -0.771. The number of hydrogen-bond acceptors (Lipinski definition) is 4. The monoisotopic (exact) mass is 399 g/mol. The molecule has 2 rings (SSSR count). The third-order valence-electron chi connectivity index (χ3n) is 3.71. The summed E-state index contributed by atoms with van der Waals surface area (Å²) in [4.78, 5) is 25.9. The molecule has 0 aliphatic rings. The van der Waals surface area contributed by atoms with Crippen LogP contribution in [0.4, 0.5) is 24.5 Å². The number of nitrogens with zero attached hydrogens (tertiary/aromatic N) is 1. The summed E-state index contributed by atoms with van der Waals surface area (Å²) in [5, 5.41) is 6.76. The Morgan fingerprint density at radius 1 is 1.19 bits per heavy atom. The second-order valence-corrected chi connectivity index (χ2v) is 6.95. The number of nitrogens with one attached hydrogen (secondary N) is 2. The Hall–Kier alpha value is -2.55. The van der Waals surface area contributed by atoms with Crippen LogP contribution in [0.1, 0.15) is 28.1 Å². The number of anilines is 2. The molecule has 27 heavy (non-hydrogen) atoms. The maximum absolute atomic E-state index is 13.3. The summed E-state index contributed by atoms with van der Waals surface area (Å²) in [5.41, 5.74) is -0.787. The fourth-order valence-electron chi connectivity index (χ4n) is 2.31. The minimum absolute atomic E-state index is 0.00253. The van der Waals surface area contributed by atoms with Crippen molar-refractivity contribution in [3.63, 3.8) is 0 Å². The average Bonchev–Trinajstić information content (AvgIpc) is 3.12. The molecule has 0 unspecified atom stereocenters. The zero-order valence-electron chi connectivity index (χ0n) is 14.9. The van der Waals surface area contributed by atoms with Gasteiger partial charge in [0.15, 0.2) is 0 Å². The van der Waals surface area contributed by atoms with Gasteiger partial charge >= 0.3 is 6.18 Å². The Kier molecular flexibility index (Phi) is 6.84. The number of alkyl halides is 3. The third kappa shape index (κ3) is 5.99. The number of thiophene rings is 1. The normalized spacial score (nSPS) is 11.1. The lowest BCUT2D eigenvalue weighted by Gasteiger charge is -2.18. The molecular formula is C18H20F3N3O2S. The quantitative estimate of drug-likeness (QED) is 0.693. The minimum Gasteiger partial charge on any atom is -0.378 e. The Morgan fingerprint density at radius 2 is 1.93 bits per heavy atom. The first kappa shape index (κ1) is 20.8. The van der Waals surface area contributed by atoms with Crippen LogP contribution < -0.4 is 15.5 Å². The van der Waals surface area contributed by atoms with Gasteiger partial charge in [-0.15, -0.1) is 11.3 Å². The van der Waals surface area contributed by atoms with Crippen molar-refractivity contribution < 1.29 is 22.8 Å². The topological polar surface area (TPSA) is 61.4 Å². The second kappa shape index (κ2) is 8.90. The predicted molar refractivity (Wildman–Crippen MR) is 100 cm³/mol. The maximum Gasteiger partial charge on any atom is 0.418 e. The van der Waals surface area contributed by atoms with E-state index in [1.807, 2.05) is 0 Å². The van der Waals surface area contributed by atoms with Crippen LogP contribution in [0, 0.1) is 0 Å². The molecular weight excluding hydrogens is 379 g/mol. The first-order valence-electron chi connectivity index (χ1n) is 8.18. The number of carbonyl (C=O) groups excluding carboxylic acids is 2. The molecule has 146 valence electrons. The number of hydrogen-bond donors (Lipinski definition) is 2. The van der Waals surface area contributed by atoms with Gasteiger partial charge in [0.05, 0.1) is 16.1 Å². The van der Waals surface area contributed by atoms with Crippen LogP contribution in [0.25, 0.3) is 0 Å². The van der Waals surface area contributed by atoms with E-state index < -0.39 is 17.6 Å². The smallest absolute Gasteiger partial charge is 0.378 e. The molecule has 1 heterocycles. The summed E-state index contributed by atoms with van der Waals surface area (Å²) in [7, 11) is 3.27. The molecule has 2 aromatic rings. The van der Waals surface area contributed by atoms with Gasteiger partial charge in [0, 0.05) is 32.7 Å². The van der Waals surface area contributed by atoms with Crippen LogP contribution in [0.2, 0.25) is 0 Å². The van der Waals surface area contributed by atoms with Crippen molar-refractivity contribution >= 4 is 34.5 Å². The maximum atomic E-state index is 13.3. The lowest BCUT2D eigenvalue weighted by molar-refractivity contribution is -0.136. The van der Waals surface area contributed by atoms with E-state index in [0.717, 1.165) is 6.07 Å². The molecule has 0 fully saturated rings. The largest absolute Gasteiger partial charge is 0.418 e. The van der Waals surface area contributed by atoms with Crippen molar-refractivity contribution in [1.29, 1.82) is 0 Å². The molecule has 1 aromatic heterocycles. The molecule has 5 nitrogen and oxygen atoms in total. The lowest BCUT2D eigenvalue weighted by Crippen LogP contribution is -2.25. The summed E-state index contributed by atoms with van der Waals surface area (Å²) >= 11 is 1.30. The Bertz CT molecular complexity index is 790. The van der Waals surface area contributed by atoms with Gasteiger partial charge in [-0.1, -0.05) is 6.07 Å². The minimum atomic E-state index is -4.58. The molecule has 1 aromatic carbocycles. The van der Waals surface area contributed by atoms with Crippen LogP contribution in [0.5, 0.6) is 0 Å². The molecule has 2 N–H and O–H groups in total. The molecule has 0 saturated heterocycles. The van der Waals surface area contributed by atoms with Crippen molar-refractivity contribution in [2.75, 3.05) is 30.9 Å². The van der Waals surface area contributed by atoms with E-state index in [2.05, 4.69) is 10.6 Å². The van der Waals surface area contributed by atoms with Gasteiger partial charge in [-0.2, -0.15) is 13.2 Å². The Morgan fingerprint density at radius 3 is 2.52 bits per heavy atom. The van der Waals surface area contributed by atoms with E-state index in [-0.39, 0.29) is 24.6 Å². The van der Waals surface area contributed by atoms with E-state index in [4.69, 9.17) is 0 Å². The van der Waals surface area contributed by atoms with E-state index in [1.54, 1.807) is 36.5 Å². The molecule has 0 spiro atoms. The lowest BCUT2D eigenvalue weighted by atomic mass is 10.1. The average molecular weight is 399 g/mol. The molecule has 0 aliphatic heterocycles. The van der Waals surface area contributed by atoms with Gasteiger partial charge in [-0.3, -0.25) is 9.59 Å². The summed E-state index contributed by atoms with van der Waals surface area (Å²) in [6, 6.07) is 7.19. The highest BCUT2D eigenvalue weighted by Gasteiger charge is 2.34. The first-order chi connectivity index (χ1) is 12.7. The van der Waals surface area contributed by atoms with Crippen LogP contribution in [0.15, 0.2) is 35.7 Å². The van der Waals surface area contributed by atoms with Crippen molar-refractivity contribution in [2.45, 2.75) is 19.0 Å². The SMILES string of the molecule is CN(C)c1ccc(NC(=O)CCCNC(=O)c2cccs2)c(C(F)(F)F)c1. The molecule has 2 amide bonds. The molecule has 0 bridgehead atoms. The van der Waals surface area contributed by atoms with Crippen LogP contribution >= 0.6 is 11.3 Å². The highest BCUT2D eigenvalue weighted by atomic mass is 32.1. The third-order valence-corrected chi connectivity index (χ3v) is 4.58. The molecule has 0 saturated carbocycles. The molecule has 0 atom stereocenters. The Balaban J connectivity index is 1.90. The van der Waals surface area contributed by atoms with Crippen molar-refractivity contribution in [3.05, 3.63) is 46.2 Å². The van der Waals surface area contributed by atoms with Gasteiger partial charge in [-0.25, -0.2) is 0 Å². The Labute approximate surface area is 159 Å². The first-order valence-corrected chi connectivity index (χ1v) is 9.06. The fraction of sp³-hybridized carbons (Fsp3) is 0.333. The van der Waals surface area contributed by atoms with Crippen molar-refractivity contribution in [1.82, 2.24) is 5.32 Å². The standard InChI is InChI=1S/C18H20F3N3O2S/c1-24(2)12-7-8-14(13(11-12)18(19,20)21)23-16(25)6-3-9-22-17(26)15-5-4-10-27-15/h4-5,7-8,10-11H,3,6,9H2,1-2H3,(H,22,26)(H,23,25). The van der Waals surface area contributed by atoms with E-state index in [9.17, 15) is 22.8 Å². The van der Waals surface area contributed by atoms with Crippen LogP contribution in [-0.4, -0.2) is 32.5 Å². The number of halogens is 3. The molecule has 9 heteroatoms. The van der Waals surface area contributed by atoms with Gasteiger partial charge in [0.25, 0.3) is 5.91 Å². The van der Waals surface area contributed by atoms with Crippen molar-refractivity contribution in [3.8, 4) is 0 Å². The number of benzene rings is 1. The van der Waals surface area contributed by atoms with E-state index in [1.165, 1.54) is 23.5 Å². The van der Waals surface area contributed by atoms with Crippen LogP contribution in [0.3, 0.4) is 0 Å². The highest BCUT2D eigenvalue weighted by Crippen LogP contribution is 2.37. The second-order valence-electron chi connectivity index (χ2n) is 6.01. The van der Waals surface area contributed by atoms with Crippen LogP contribution in [-0.2, 0) is 11.0 Å². The summed E-state index contributed by atoms with van der Waals surface area (Å²) < 4.78 is 39.8. The van der Waals surface area contributed by atoms with E-state index >= 15 is 0 Å². The van der Waals surface area contributed by atoms with Gasteiger partial charge in [-0.05, 0) is 36.1 Å². The summed E-state index contributed by atoms with van der Waals surface area (Å²) in [6.45, 7) is 0.260. The van der Waals surface area contributed by atoms with Gasteiger partial charge in [0.2, 0.25) is 5.91 Å². The van der Waals surface area contributed by atoms with Gasteiger partial charge in [0.1, 0.15) is 0 Å². The zero-order chi connectivity index (χ0) is 20.0. The fourth-order valence-corrected chi connectivity index (χ4v) is 2.95. The van der Waals surface area contributed by atoms with Gasteiger partial charge < -0.3 is 15.5 Å². The zero-order valence-corrected chi connectivity index (χ0v) is 15.7.